The van der Waals surface area contributed by atoms with E-state index < -0.39 is 11.1 Å². The third-order valence-electron chi connectivity index (χ3n) is 4.75. The number of carbonyl (C=O) groups excluding carboxylic acids is 2. The Morgan fingerprint density at radius 1 is 1.10 bits per heavy atom. The molecule has 2 unspecified atom stereocenters. The average molecular weight is 299 g/mol. The van der Waals surface area contributed by atoms with E-state index in [1.165, 1.54) is 0 Å². The van der Waals surface area contributed by atoms with Gasteiger partial charge in [-0.15, -0.1) is 0 Å². The zero-order valence-corrected chi connectivity index (χ0v) is 14.7. The van der Waals surface area contributed by atoms with Crippen molar-refractivity contribution in [3.8, 4) is 0 Å². The van der Waals surface area contributed by atoms with Crippen molar-refractivity contribution in [1.29, 1.82) is 0 Å². The van der Waals surface area contributed by atoms with Gasteiger partial charge in [0.1, 0.15) is 5.66 Å². The molecule has 5 heteroatoms. The molecule has 0 aliphatic carbocycles. The SMILES string of the molecule is CCCCC(CC)(C(=O)C(C)NC)C(=O)C(C)(NC)NC. The maximum Gasteiger partial charge on any atom is 0.180 e. The van der Waals surface area contributed by atoms with Gasteiger partial charge in [0.05, 0.1) is 11.5 Å². The van der Waals surface area contributed by atoms with Crippen LogP contribution in [0.2, 0.25) is 0 Å². The predicted octanol–water partition coefficient (Wildman–Crippen LogP) is 1.47. The van der Waals surface area contributed by atoms with Crippen LogP contribution in [0.15, 0.2) is 0 Å². The van der Waals surface area contributed by atoms with Gasteiger partial charge >= 0.3 is 0 Å². The number of carbonyl (C=O) groups is 2. The summed E-state index contributed by atoms with van der Waals surface area (Å²) in [7, 11) is 5.23. The molecule has 0 aromatic heterocycles. The molecular formula is C16H33N3O2. The van der Waals surface area contributed by atoms with Crippen LogP contribution >= 0.6 is 0 Å². The Kier molecular flexibility index (Phi) is 8.29. The minimum absolute atomic E-state index is 0.0114. The Bertz CT molecular complexity index is 353. The molecule has 5 nitrogen and oxygen atoms in total. The van der Waals surface area contributed by atoms with Crippen molar-refractivity contribution in [2.75, 3.05) is 21.1 Å². The number of unbranched alkanes of at least 4 members (excludes halogenated alkanes) is 1. The molecule has 21 heavy (non-hydrogen) atoms. The van der Waals surface area contributed by atoms with Crippen molar-refractivity contribution in [1.82, 2.24) is 16.0 Å². The molecule has 124 valence electrons. The monoisotopic (exact) mass is 299 g/mol. The predicted molar refractivity (Wildman–Crippen MR) is 87.3 cm³/mol. The van der Waals surface area contributed by atoms with Crippen LogP contribution in [-0.2, 0) is 9.59 Å². The number of rotatable bonds is 11. The summed E-state index contributed by atoms with van der Waals surface area (Å²) in [5, 5.41) is 9.03. The average Bonchev–Trinajstić information content (AvgIpc) is 2.53. The van der Waals surface area contributed by atoms with Gasteiger partial charge < -0.3 is 5.32 Å². The molecule has 0 aliphatic heterocycles. The number of Topliss-reactive ketones (excluding diaryl/α,β-unsaturated/α-hetero) is 2. The first-order valence-corrected chi connectivity index (χ1v) is 7.93. The number of nitrogens with one attached hydrogen (secondary N) is 3. The molecule has 0 radical (unpaired) electrons. The van der Waals surface area contributed by atoms with Gasteiger partial charge in [-0.2, -0.15) is 0 Å². The van der Waals surface area contributed by atoms with Crippen molar-refractivity contribution in [2.24, 2.45) is 5.41 Å². The Morgan fingerprint density at radius 3 is 1.95 bits per heavy atom. The highest BCUT2D eigenvalue weighted by molar-refractivity contribution is 6.12. The van der Waals surface area contributed by atoms with Crippen molar-refractivity contribution in [2.45, 2.75) is 65.1 Å². The molecule has 0 rings (SSSR count). The van der Waals surface area contributed by atoms with Crippen molar-refractivity contribution >= 4 is 11.6 Å². The summed E-state index contributed by atoms with van der Waals surface area (Å²) in [5.74, 6) is -0.0780. The van der Waals surface area contributed by atoms with Crippen LogP contribution in [-0.4, -0.2) is 44.4 Å². The quantitative estimate of drug-likeness (QED) is 0.398. The second kappa shape index (κ2) is 8.61. The second-order valence-corrected chi connectivity index (χ2v) is 5.87. The largest absolute Gasteiger partial charge is 0.311 e. The van der Waals surface area contributed by atoms with Gasteiger partial charge in [0.15, 0.2) is 11.6 Å². The molecule has 0 fully saturated rings. The van der Waals surface area contributed by atoms with Crippen LogP contribution in [0, 0.1) is 5.41 Å². The lowest BCUT2D eigenvalue weighted by Crippen LogP contribution is -2.65. The highest BCUT2D eigenvalue weighted by Gasteiger charge is 2.50. The van der Waals surface area contributed by atoms with Crippen LogP contribution in [0.3, 0.4) is 0 Å². The first-order chi connectivity index (χ1) is 9.79. The van der Waals surface area contributed by atoms with Crippen LogP contribution in [0.1, 0.15) is 53.4 Å². The van der Waals surface area contributed by atoms with Crippen LogP contribution in [0.5, 0.6) is 0 Å². The molecule has 0 amide bonds. The van der Waals surface area contributed by atoms with Gasteiger partial charge in [-0.05, 0) is 47.8 Å². The lowest BCUT2D eigenvalue weighted by Gasteiger charge is -2.40. The number of hydrogen-bond donors (Lipinski definition) is 3. The van der Waals surface area contributed by atoms with Crippen LogP contribution in [0.4, 0.5) is 0 Å². The van der Waals surface area contributed by atoms with E-state index >= 15 is 0 Å². The number of ketones is 2. The summed E-state index contributed by atoms with van der Waals surface area (Å²) in [4.78, 5) is 26.1. The molecule has 2 atom stereocenters. The fourth-order valence-electron chi connectivity index (χ4n) is 2.71. The Balaban J connectivity index is 5.78. The van der Waals surface area contributed by atoms with E-state index in [1.54, 1.807) is 28.1 Å². The third kappa shape index (κ3) is 4.11. The Hall–Kier alpha value is -0.780. The number of hydrogen-bond acceptors (Lipinski definition) is 5. The van der Waals surface area contributed by atoms with E-state index in [0.717, 1.165) is 12.8 Å². The Morgan fingerprint density at radius 2 is 1.62 bits per heavy atom. The molecule has 0 bridgehead atoms. The van der Waals surface area contributed by atoms with Gasteiger partial charge in [-0.25, -0.2) is 0 Å². The van der Waals surface area contributed by atoms with Gasteiger partial charge in [0, 0.05) is 0 Å². The smallest absolute Gasteiger partial charge is 0.180 e. The molecule has 0 saturated carbocycles. The number of likely N-dealkylation sites (N-methyl/N-ethyl adjacent to an activating group) is 3. The lowest BCUT2D eigenvalue weighted by molar-refractivity contribution is -0.147. The highest BCUT2D eigenvalue weighted by Crippen LogP contribution is 2.35. The first kappa shape index (κ1) is 20.2. The van der Waals surface area contributed by atoms with E-state index in [-0.39, 0.29) is 17.6 Å². The zero-order chi connectivity index (χ0) is 16.7. The molecule has 0 saturated heterocycles. The molecule has 3 N–H and O–H groups in total. The molecule has 0 aromatic carbocycles. The fraction of sp³-hybridized carbons (Fsp3) is 0.875. The highest BCUT2D eigenvalue weighted by atomic mass is 16.2. The van der Waals surface area contributed by atoms with Crippen LogP contribution in [0.25, 0.3) is 0 Å². The summed E-state index contributed by atoms with van der Waals surface area (Å²) in [6.07, 6.45) is 2.95. The molecule has 0 aliphatic rings. The van der Waals surface area contributed by atoms with Crippen molar-refractivity contribution in [3.05, 3.63) is 0 Å². The fourth-order valence-corrected chi connectivity index (χ4v) is 2.71. The molecule has 0 spiro atoms. The van der Waals surface area contributed by atoms with E-state index in [0.29, 0.717) is 12.8 Å². The standard InChI is InChI=1S/C16H33N3O2/c1-8-10-11-16(9-2,13(20)12(3)17-5)14(21)15(4,18-6)19-7/h12,17-19H,8-11H2,1-7H3. The van der Waals surface area contributed by atoms with Gasteiger partial charge in [-0.1, -0.05) is 26.7 Å². The minimum atomic E-state index is -0.945. The topological polar surface area (TPSA) is 70.2 Å². The van der Waals surface area contributed by atoms with Gasteiger partial charge in [0.25, 0.3) is 0 Å². The summed E-state index contributed by atoms with van der Waals surface area (Å²) in [6.45, 7) is 7.62. The normalized spacial score (nSPS) is 16.3. The first-order valence-electron chi connectivity index (χ1n) is 7.93. The van der Waals surface area contributed by atoms with Gasteiger partial charge in [-0.3, -0.25) is 20.2 Å². The summed E-state index contributed by atoms with van der Waals surface area (Å²) in [5.41, 5.74) is -1.84. The van der Waals surface area contributed by atoms with E-state index in [4.69, 9.17) is 0 Å². The maximum absolute atomic E-state index is 13.2. The van der Waals surface area contributed by atoms with Crippen molar-refractivity contribution < 1.29 is 9.59 Å². The van der Waals surface area contributed by atoms with Crippen molar-refractivity contribution in [3.63, 3.8) is 0 Å². The van der Waals surface area contributed by atoms with E-state index in [9.17, 15) is 9.59 Å². The van der Waals surface area contributed by atoms with Crippen LogP contribution < -0.4 is 16.0 Å². The lowest BCUT2D eigenvalue weighted by atomic mass is 9.68. The van der Waals surface area contributed by atoms with E-state index in [1.807, 2.05) is 13.8 Å². The third-order valence-corrected chi connectivity index (χ3v) is 4.75. The Labute approximate surface area is 129 Å². The molecular weight excluding hydrogens is 266 g/mol. The van der Waals surface area contributed by atoms with Gasteiger partial charge in [0.2, 0.25) is 0 Å². The summed E-state index contributed by atoms with van der Waals surface area (Å²) in [6, 6.07) is -0.330. The van der Waals surface area contributed by atoms with E-state index in [2.05, 4.69) is 22.9 Å². The summed E-state index contributed by atoms with van der Waals surface area (Å²) >= 11 is 0. The zero-order valence-electron chi connectivity index (χ0n) is 14.7. The summed E-state index contributed by atoms with van der Waals surface area (Å²) < 4.78 is 0. The maximum atomic E-state index is 13.2. The molecule has 0 heterocycles. The second-order valence-electron chi connectivity index (χ2n) is 5.87. The molecule has 0 aromatic rings. The minimum Gasteiger partial charge on any atom is -0.311 e.